The summed E-state index contributed by atoms with van der Waals surface area (Å²) in [5.74, 6) is 0.366. The molecule has 1 aromatic carbocycles. The summed E-state index contributed by atoms with van der Waals surface area (Å²) in [7, 11) is 0. The van der Waals surface area contributed by atoms with Gasteiger partial charge in [0.15, 0.2) is 0 Å². The van der Waals surface area contributed by atoms with Crippen LogP contribution in [0.5, 0.6) is 5.75 Å². The molecular weight excluding hydrogens is 242 g/mol. The zero-order valence-corrected chi connectivity index (χ0v) is 10.7. The van der Waals surface area contributed by atoms with Gasteiger partial charge in [0, 0.05) is 6.20 Å². The third-order valence-corrected chi connectivity index (χ3v) is 2.50. The molecule has 0 amide bonds. The van der Waals surface area contributed by atoms with Gasteiger partial charge >= 0.3 is 5.97 Å². The molecule has 0 saturated heterocycles. The predicted octanol–water partition coefficient (Wildman–Crippen LogP) is 2.84. The molecule has 19 heavy (non-hydrogen) atoms. The van der Waals surface area contributed by atoms with E-state index in [2.05, 4.69) is 4.98 Å². The minimum atomic E-state index is -0.373. The lowest BCUT2D eigenvalue weighted by Gasteiger charge is -2.09. The second kappa shape index (κ2) is 6.54. The van der Waals surface area contributed by atoms with Crippen LogP contribution in [-0.4, -0.2) is 17.6 Å². The highest BCUT2D eigenvalue weighted by Crippen LogP contribution is 2.13. The summed E-state index contributed by atoms with van der Waals surface area (Å²) in [5, 5.41) is 0. The summed E-state index contributed by atoms with van der Waals surface area (Å²) in [6.07, 6.45) is 1.63. The summed E-state index contributed by atoms with van der Waals surface area (Å²) in [6, 6.07) is 12.8. The third-order valence-electron chi connectivity index (χ3n) is 2.50. The highest BCUT2D eigenvalue weighted by atomic mass is 16.5. The fourth-order valence-corrected chi connectivity index (χ4v) is 1.62. The fourth-order valence-electron chi connectivity index (χ4n) is 1.62. The van der Waals surface area contributed by atoms with E-state index < -0.39 is 0 Å². The lowest BCUT2D eigenvalue weighted by Crippen LogP contribution is -2.11. The Kier molecular flexibility index (Phi) is 4.50. The zero-order valence-electron chi connectivity index (χ0n) is 10.7. The summed E-state index contributed by atoms with van der Waals surface area (Å²) in [5.41, 5.74) is 1.02. The van der Waals surface area contributed by atoms with Crippen molar-refractivity contribution in [3.05, 3.63) is 59.9 Å². The van der Waals surface area contributed by atoms with Gasteiger partial charge in [-0.25, -0.2) is 4.79 Å². The van der Waals surface area contributed by atoms with Crippen LogP contribution < -0.4 is 4.74 Å². The number of hydrogen-bond donors (Lipinski definition) is 0. The Labute approximate surface area is 112 Å². The maximum Gasteiger partial charge on any atom is 0.340 e. The molecule has 0 aliphatic rings. The van der Waals surface area contributed by atoms with Crippen LogP contribution in [0.1, 0.15) is 23.0 Å². The van der Waals surface area contributed by atoms with E-state index in [-0.39, 0.29) is 12.6 Å². The standard InChI is InChI=1S/C15H15NO3/c1-2-18-15(17)13-9-6-10-16-14(13)11-19-12-7-4-3-5-8-12/h3-10H,2,11H2,1H3. The van der Waals surface area contributed by atoms with Crippen molar-refractivity contribution in [1.29, 1.82) is 0 Å². The first-order chi connectivity index (χ1) is 9.31. The molecule has 4 nitrogen and oxygen atoms in total. The predicted molar refractivity (Wildman–Crippen MR) is 71.0 cm³/mol. The molecule has 0 aliphatic carbocycles. The zero-order chi connectivity index (χ0) is 13.5. The van der Waals surface area contributed by atoms with E-state index in [1.807, 2.05) is 30.3 Å². The molecule has 0 aliphatic heterocycles. The number of esters is 1. The molecule has 0 N–H and O–H groups in total. The van der Waals surface area contributed by atoms with Crippen LogP contribution in [0.15, 0.2) is 48.7 Å². The molecule has 0 fully saturated rings. The summed E-state index contributed by atoms with van der Waals surface area (Å²) in [4.78, 5) is 15.9. The maximum absolute atomic E-state index is 11.8. The summed E-state index contributed by atoms with van der Waals surface area (Å²) in [6.45, 7) is 2.35. The first-order valence-electron chi connectivity index (χ1n) is 6.10. The topological polar surface area (TPSA) is 48.4 Å². The Balaban J connectivity index is 2.10. The summed E-state index contributed by atoms with van der Waals surface area (Å²) >= 11 is 0. The Bertz CT molecular complexity index is 540. The Morgan fingerprint density at radius 2 is 1.95 bits per heavy atom. The lowest BCUT2D eigenvalue weighted by molar-refractivity contribution is 0.0522. The van der Waals surface area contributed by atoms with Crippen molar-refractivity contribution < 1.29 is 14.3 Å². The molecule has 0 atom stereocenters. The number of benzene rings is 1. The second-order valence-corrected chi connectivity index (χ2v) is 3.82. The molecule has 0 saturated carbocycles. The number of hydrogen-bond acceptors (Lipinski definition) is 4. The number of rotatable bonds is 5. The molecule has 98 valence electrons. The first kappa shape index (κ1) is 13.1. The van der Waals surface area contributed by atoms with Crippen molar-refractivity contribution in [2.24, 2.45) is 0 Å². The number of nitrogens with zero attached hydrogens (tertiary/aromatic N) is 1. The molecule has 0 bridgehead atoms. The van der Waals surface area contributed by atoms with Crippen LogP contribution in [0, 0.1) is 0 Å². The number of para-hydroxylation sites is 1. The van der Waals surface area contributed by atoms with Gasteiger partial charge < -0.3 is 9.47 Å². The van der Waals surface area contributed by atoms with Gasteiger partial charge in [0.25, 0.3) is 0 Å². The van der Waals surface area contributed by atoms with Gasteiger partial charge in [-0.15, -0.1) is 0 Å². The molecule has 4 heteroatoms. The van der Waals surface area contributed by atoms with Crippen LogP contribution in [0.2, 0.25) is 0 Å². The molecule has 2 rings (SSSR count). The lowest BCUT2D eigenvalue weighted by atomic mass is 10.2. The average molecular weight is 257 g/mol. The van der Waals surface area contributed by atoms with Gasteiger partial charge in [-0.3, -0.25) is 4.98 Å². The van der Waals surface area contributed by atoms with Gasteiger partial charge in [-0.2, -0.15) is 0 Å². The van der Waals surface area contributed by atoms with E-state index in [1.165, 1.54) is 0 Å². The van der Waals surface area contributed by atoms with Gasteiger partial charge in [0.05, 0.1) is 17.9 Å². The van der Waals surface area contributed by atoms with Crippen LogP contribution in [0.3, 0.4) is 0 Å². The molecule has 2 aromatic rings. The molecular formula is C15H15NO3. The Morgan fingerprint density at radius 3 is 2.68 bits per heavy atom. The van der Waals surface area contributed by atoms with Gasteiger partial charge in [0.2, 0.25) is 0 Å². The number of ether oxygens (including phenoxy) is 2. The van der Waals surface area contributed by atoms with E-state index in [4.69, 9.17) is 9.47 Å². The fraction of sp³-hybridized carbons (Fsp3) is 0.200. The Hall–Kier alpha value is -2.36. The molecule has 0 radical (unpaired) electrons. The van der Waals surface area contributed by atoms with E-state index >= 15 is 0 Å². The average Bonchev–Trinajstić information content (AvgIpc) is 2.47. The van der Waals surface area contributed by atoms with Gasteiger partial charge in [-0.1, -0.05) is 18.2 Å². The Morgan fingerprint density at radius 1 is 1.16 bits per heavy atom. The smallest absolute Gasteiger partial charge is 0.340 e. The van der Waals surface area contributed by atoms with Crippen molar-refractivity contribution in [2.75, 3.05) is 6.61 Å². The second-order valence-electron chi connectivity index (χ2n) is 3.82. The van der Waals surface area contributed by atoms with Gasteiger partial charge in [-0.05, 0) is 31.2 Å². The normalized spacial score (nSPS) is 9.95. The maximum atomic E-state index is 11.8. The molecule has 0 unspecified atom stereocenters. The van der Waals surface area contributed by atoms with Crippen molar-refractivity contribution in [2.45, 2.75) is 13.5 Å². The van der Waals surface area contributed by atoms with Crippen molar-refractivity contribution in [3.8, 4) is 5.75 Å². The number of pyridine rings is 1. The highest BCUT2D eigenvalue weighted by Gasteiger charge is 2.13. The van der Waals surface area contributed by atoms with E-state index in [9.17, 15) is 4.79 Å². The SMILES string of the molecule is CCOC(=O)c1cccnc1COc1ccccc1. The minimum Gasteiger partial charge on any atom is -0.487 e. The van der Waals surface area contributed by atoms with Crippen molar-refractivity contribution in [3.63, 3.8) is 0 Å². The third kappa shape index (κ3) is 3.55. The van der Waals surface area contributed by atoms with Crippen molar-refractivity contribution >= 4 is 5.97 Å². The van der Waals surface area contributed by atoms with Gasteiger partial charge in [0.1, 0.15) is 12.4 Å². The van der Waals surface area contributed by atoms with Crippen LogP contribution in [0.25, 0.3) is 0 Å². The van der Waals surface area contributed by atoms with E-state index in [0.717, 1.165) is 5.75 Å². The summed E-state index contributed by atoms with van der Waals surface area (Å²) < 4.78 is 10.6. The molecule has 1 heterocycles. The van der Waals surface area contributed by atoms with E-state index in [0.29, 0.717) is 17.9 Å². The van der Waals surface area contributed by atoms with Crippen LogP contribution >= 0.6 is 0 Å². The minimum absolute atomic E-state index is 0.235. The van der Waals surface area contributed by atoms with Crippen molar-refractivity contribution in [1.82, 2.24) is 4.98 Å². The molecule has 1 aromatic heterocycles. The largest absolute Gasteiger partial charge is 0.487 e. The highest BCUT2D eigenvalue weighted by molar-refractivity contribution is 5.90. The number of carbonyl (C=O) groups is 1. The monoisotopic (exact) mass is 257 g/mol. The first-order valence-corrected chi connectivity index (χ1v) is 6.10. The van der Waals surface area contributed by atoms with Crippen LogP contribution in [-0.2, 0) is 11.3 Å². The van der Waals surface area contributed by atoms with Crippen LogP contribution in [0.4, 0.5) is 0 Å². The number of aromatic nitrogens is 1. The van der Waals surface area contributed by atoms with E-state index in [1.54, 1.807) is 25.3 Å². The quantitative estimate of drug-likeness (QED) is 0.773. The molecule has 0 spiro atoms. The number of carbonyl (C=O) groups excluding carboxylic acids is 1.